The highest BCUT2D eigenvalue weighted by atomic mass is 79.9. The Hall–Kier alpha value is -0.390. The summed E-state index contributed by atoms with van der Waals surface area (Å²) in [7, 11) is 0. The van der Waals surface area contributed by atoms with Crippen LogP contribution in [0.2, 0.25) is 0 Å². The Kier molecular flexibility index (Phi) is 4.31. The molecule has 3 N–H and O–H groups in total. The second kappa shape index (κ2) is 5.09. The van der Waals surface area contributed by atoms with Crippen LogP contribution in [0.4, 0.5) is 0 Å². The SMILES string of the molecule is CCC(C)(N)C(=O)NCc1cc(Br)cs1. The van der Waals surface area contributed by atoms with E-state index in [2.05, 4.69) is 21.2 Å². The number of nitrogens with two attached hydrogens (primary N) is 1. The fourth-order valence-corrected chi connectivity index (χ4v) is 2.37. The standard InChI is InChI=1S/C10H15BrN2OS/c1-3-10(2,12)9(14)13-5-8-4-7(11)6-15-8/h4,6H,3,5,12H2,1-2H3,(H,13,14). The lowest BCUT2D eigenvalue weighted by atomic mass is 10.00. The van der Waals surface area contributed by atoms with E-state index in [4.69, 9.17) is 5.73 Å². The molecule has 1 rings (SSSR count). The Balaban J connectivity index is 2.47. The first-order chi connectivity index (χ1) is 6.95. The highest BCUT2D eigenvalue weighted by Crippen LogP contribution is 2.19. The van der Waals surface area contributed by atoms with Crippen LogP contribution in [-0.4, -0.2) is 11.4 Å². The van der Waals surface area contributed by atoms with Crippen LogP contribution in [0.25, 0.3) is 0 Å². The highest BCUT2D eigenvalue weighted by Gasteiger charge is 2.25. The Morgan fingerprint density at radius 1 is 1.73 bits per heavy atom. The topological polar surface area (TPSA) is 55.1 Å². The van der Waals surface area contributed by atoms with Crippen molar-refractivity contribution < 1.29 is 4.79 Å². The second-order valence-electron chi connectivity index (χ2n) is 3.68. The van der Waals surface area contributed by atoms with Crippen LogP contribution < -0.4 is 11.1 Å². The average Bonchev–Trinajstić information content (AvgIpc) is 2.60. The van der Waals surface area contributed by atoms with Crippen molar-refractivity contribution >= 4 is 33.2 Å². The molecular weight excluding hydrogens is 276 g/mol. The van der Waals surface area contributed by atoms with Gasteiger partial charge in [-0.25, -0.2) is 0 Å². The van der Waals surface area contributed by atoms with Crippen LogP contribution in [0.15, 0.2) is 15.9 Å². The summed E-state index contributed by atoms with van der Waals surface area (Å²) in [5.74, 6) is -0.102. The predicted molar refractivity (Wildman–Crippen MR) is 66.7 cm³/mol. The predicted octanol–water partition coefficient (Wildman–Crippen LogP) is 2.25. The molecule has 1 aromatic heterocycles. The van der Waals surface area contributed by atoms with Crippen LogP contribution >= 0.6 is 27.3 Å². The maximum Gasteiger partial charge on any atom is 0.240 e. The Labute approximate surface area is 102 Å². The summed E-state index contributed by atoms with van der Waals surface area (Å²) in [6, 6.07) is 1.99. The van der Waals surface area contributed by atoms with E-state index in [-0.39, 0.29) is 5.91 Å². The molecule has 1 aromatic rings. The lowest BCUT2D eigenvalue weighted by Gasteiger charge is -2.21. The molecule has 0 aliphatic heterocycles. The maximum absolute atomic E-state index is 11.6. The van der Waals surface area contributed by atoms with Crippen molar-refractivity contribution in [2.75, 3.05) is 0 Å². The van der Waals surface area contributed by atoms with Gasteiger partial charge >= 0.3 is 0 Å². The number of hydrogen-bond donors (Lipinski definition) is 2. The third-order valence-electron chi connectivity index (χ3n) is 2.30. The van der Waals surface area contributed by atoms with Gasteiger partial charge in [0, 0.05) is 14.7 Å². The molecule has 1 unspecified atom stereocenters. The minimum absolute atomic E-state index is 0.102. The molecule has 0 bridgehead atoms. The fraction of sp³-hybridized carbons (Fsp3) is 0.500. The van der Waals surface area contributed by atoms with Gasteiger partial charge in [0.15, 0.2) is 0 Å². The number of hydrogen-bond acceptors (Lipinski definition) is 3. The van der Waals surface area contributed by atoms with Crippen LogP contribution in [0.1, 0.15) is 25.1 Å². The van der Waals surface area contributed by atoms with Crippen molar-refractivity contribution in [1.82, 2.24) is 5.32 Å². The summed E-state index contributed by atoms with van der Waals surface area (Å²) in [5, 5.41) is 4.82. The molecule has 1 amide bonds. The molecule has 0 aromatic carbocycles. The zero-order valence-corrected chi connectivity index (χ0v) is 11.2. The molecule has 15 heavy (non-hydrogen) atoms. The molecule has 0 aliphatic carbocycles. The summed E-state index contributed by atoms with van der Waals surface area (Å²) in [5.41, 5.74) is 5.04. The molecule has 0 aliphatic rings. The van der Waals surface area contributed by atoms with Crippen LogP contribution in [0.5, 0.6) is 0 Å². The minimum Gasteiger partial charge on any atom is -0.350 e. The molecule has 0 fully saturated rings. The first-order valence-corrected chi connectivity index (χ1v) is 6.43. The lowest BCUT2D eigenvalue weighted by Crippen LogP contribution is -2.50. The van der Waals surface area contributed by atoms with E-state index in [1.54, 1.807) is 18.3 Å². The molecule has 0 saturated heterocycles. The summed E-state index contributed by atoms with van der Waals surface area (Å²) in [4.78, 5) is 12.7. The van der Waals surface area contributed by atoms with Crippen LogP contribution in [0.3, 0.4) is 0 Å². The zero-order valence-electron chi connectivity index (χ0n) is 8.84. The quantitative estimate of drug-likeness (QED) is 0.894. The molecule has 0 spiro atoms. The molecule has 0 radical (unpaired) electrons. The normalized spacial score (nSPS) is 14.7. The first-order valence-electron chi connectivity index (χ1n) is 4.76. The van der Waals surface area contributed by atoms with E-state index in [0.717, 1.165) is 9.35 Å². The number of thiophene rings is 1. The van der Waals surface area contributed by atoms with E-state index in [1.807, 2.05) is 18.4 Å². The molecule has 1 heterocycles. The molecule has 5 heteroatoms. The number of carbonyl (C=O) groups excluding carboxylic acids is 1. The maximum atomic E-state index is 11.6. The van der Waals surface area contributed by atoms with Gasteiger partial charge in [-0.2, -0.15) is 0 Å². The van der Waals surface area contributed by atoms with E-state index in [9.17, 15) is 4.79 Å². The van der Waals surface area contributed by atoms with Gasteiger partial charge in [-0.3, -0.25) is 4.79 Å². The van der Waals surface area contributed by atoms with E-state index in [0.29, 0.717) is 13.0 Å². The summed E-state index contributed by atoms with van der Waals surface area (Å²) in [6.07, 6.45) is 0.632. The van der Waals surface area contributed by atoms with Crippen molar-refractivity contribution in [2.45, 2.75) is 32.4 Å². The molecule has 0 saturated carbocycles. The summed E-state index contributed by atoms with van der Waals surface area (Å²) >= 11 is 4.97. The number of nitrogens with one attached hydrogen (secondary N) is 1. The van der Waals surface area contributed by atoms with Crippen molar-refractivity contribution in [3.05, 3.63) is 20.8 Å². The first kappa shape index (κ1) is 12.7. The van der Waals surface area contributed by atoms with Gasteiger partial charge in [0.2, 0.25) is 5.91 Å². The average molecular weight is 291 g/mol. The number of rotatable bonds is 4. The van der Waals surface area contributed by atoms with Gasteiger partial charge in [0.05, 0.1) is 12.1 Å². The van der Waals surface area contributed by atoms with Crippen molar-refractivity contribution in [3.63, 3.8) is 0 Å². The molecule has 1 atom stereocenters. The molecule has 3 nitrogen and oxygen atoms in total. The molecule has 84 valence electrons. The van der Waals surface area contributed by atoms with Gasteiger partial charge in [-0.1, -0.05) is 6.92 Å². The highest BCUT2D eigenvalue weighted by molar-refractivity contribution is 9.10. The number of amides is 1. The Morgan fingerprint density at radius 3 is 2.87 bits per heavy atom. The molecular formula is C10H15BrN2OS. The second-order valence-corrected chi connectivity index (χ2v) is 5.60. The van der Waals surface area contributed by atoms with Crippen LogP contribution in [0, 0.1) is 0 Å². The minimum atomic E-state index is -0.769. The van der Waals surface area contributed by atoms with E-state index >= 15 is 0 Å². The van der Waals surface area contributed by atoms with E-state index < -0.39 is 5.54 Å². The van der Waals surface area contributed by atoms with Crippen LogP contribution in [-0.2, 0) is 11.3 Å². The third kappa shape index (κ3) is 3.59. The third-order valence-corrected chi connectivity index (χ3v) is 4.00. The Morgan fingerprint density at radius 2 is 2.40 bits per heavy atom. The van der Waals surface area contributed by atoms with E-state index in [1.165, 1.54) is 0 Å². The summed E-state index contributed by atoms with van der Waals surface area (Å²) < 4.78 is 1.04. The smallest absolute Gasteiger partial charge is 0.240 e. The zero-order chi connectivity index (χ0) is 11.5. The van der Waals surface area contributed by atoms with Crippen molar-refractivity contribution in [2.24, 2.45) is 5.73 Å². The van der Waals surface area contributed by atoms with Gasteiger partial charge in [-0.15, -0.1) is 11.3 Å². The largest absolute Gasteiger partial charge is 0.350 e. The van der Waals surface area contributed by atoms with Gasteiger partial charge in [-0.05, 0) is 35.3 Å². The van der Waals surface area contributed by atoms with Gasteiger partial charge < -0.3 is 11.1 Å². The monoisotopic (exact) mass is 290 g/mol. The summed E-state index contributed by atoms with van der Waals surface area (Å²) in [6.45, 7) is 4.19. The van der Waals surface area contributed by atoms with Gasteiger partial charge in [0.1, 0.15) is 0 Å². The van der Waals surface area contributed by atoms with Gasteiger partial charge in [0.25, 0.3) is 0 Å². The van der Waals surface area contributed by atoms with Crippen molar-refractivity contribution in [3.8, 4) is 0 Å². The Bertz CT molecular complexity index is 349. The number of carbonyl (C=O) groups is 1. The lowest BCUT2D eigenvalue weighted by molar-refractivity contribution is -0.126. The fourth-order valence-electron chi connectivity index (χ4n) is 0.976. The van der Waals surface area contributed by atoms with Crippen molar-refractivity contribution in [1.29, 1.82) is 0 Å². The number of halogens is 1.